The first-order chi connectivity index (χ1) is 13.8. The molecular formula is C20H24F3N3O4. The minimum atomic E-state index is -4.61. The van der Waals surface area contributed by atoms with E-state index in [1.807, 2.05) is 0 Å². The fourth-order valence-corrected chi connectivity index (χ4v) is 3.45. The average Bonchev–Trinajstić information content (AvgIpc) is 2.95. The number of nitrogens with one attached hydrogen (secondary N) is 1. The largest absolute Gasteiger partial charge is 0.496 e. The van der Waals surface area contributed by atoms with E-state index in [1.54, 1.807) is 20.8 Å². The molecule has 0 radical (unpaired) electrons. The number of amides is 2. The first-order valence-electron chi connectivity index (χ1n) is 9.49. The van der Waals surface area contributed by atoms with Crippen molar-refractivity contribution < 1.29 is 32.2 Å². The molecule has 1 N–H and O–H groups in total. The molecule has 0 unspecified atom stereocenters. The number of nitrogens with zero attached hydrogens (tertiary/aromatic N) is 2. The lowest BCUT2D eigenvalue weighted by atomic mass is 9.88. The predicted molar refractivity (Wildman–Crippen MR) is 102 cm³/mol. The van der Waals surface area contributed by atoms with Crippen LogP contribution in [0.15, 0.2) is 23.2 Å². The maximum absolute atomic E-state index is 13.3. The molecule has 2 aliphatic rings. The van der Waals surface area contributed by atoms with Gasteiger partial charge < -0.3 is 19.7 Å². The average molecular weight is 427 g/mol. The van der Waals surface area contributed by atoms with Gasteiger partial charge in [-0.2, -0.15) is 13.2 Å². The van der Waals surface area contributed by atoms with Crippen LogP contribution >= 0.6 is 0 Å². The van der Waals surface area contributed by atoms with Gasteiger partial charge in [0.25, 0.3) is 5.91 Å². The van der Waals surface area contributed by atoms with Gasteiger partial charge in [0.1, 0.15) is 22.7 Å². The van der Waals surface area contributed by atoms with Crippen molar-refractivity contribution >= 4 is 17.8 Å². The first-order valence-corrected chi connectivity index (χ1v) is 9.49. The number of alkyl halides is 3. The van der Waals surface area contributed by atoms with Crippen molar-refractivity contribution in [3.8, 4) is 5.75 Å². The van der Waals surface area contributed by atoms with Crippen LogP contribution in [-0.4, -0.2) is 54.1 Å². The number of methoxy groups -OCH3 is 1. The highest BCUT2D eigenvalue weighted by atomic mass is 19.4. The maximum Gasteiger partial charge on any atom is 0.419 e. The van der Waals surface area contributed by atoms with Crippen LogP contribution in [0.3, 0.4) is 0 Å². The molecule has 30 heavy (non-hydrogen) atoms. The third-order valence-electron chi connectivity index (χ3n) is 5.00. The third kappa shape index (κ3) is 4.36. The summed E-state index contributed by atoms with van der Waals surface area (Å²) >= 11 is 0. The van der Waals surface area contributed by atoms with Crippen molar-refractivity contribution in [2.45, 2.75) is 50.9 Å². The van der Waals surface area contributed by atoms with E-state index in [0.29, 0.717) is 0 Å². The molecule has 0 atom stereocenters. The second kappa shape index (κ2) is 7.48. The van der Waals surface area contributed by atoms with Gasteiger partial charge in [0.2, 0.25) is 0 Å². The highest BCUT2D eigenvalue weighted by Gasteiger charge is 2.47. The fraction of sp³-hybridized carbons (Fsp3) is 0.550. The quantitative estimate of drug-likeness (QED) is 0.785. The van der Waals surface area contributed by atoms with Crippen LogP contribution in [0.4, 0.5) is 18.0 Å². The number of piperidine rings is 1. The number of carbonyl (C=O) groups is 2. The molecule has 164 valence electrons. The van der Waals surface area contributed by atoms with Crippen molar-refractivity contribution in [1.82, 2.24) is 10.2 Å². The molecule has 3 rings (SSSR count). The van der Waals surface area contributed by atoms with Gasteiger partial charge in [-0.05, 0) is 51.8 Å². The highest BCUT2D eigenvalue weighted by Crippen LogP contribution is 2.38. The minimum Gasteiger partial charge on any atom is -0.496 e. The zero-order valence-corrected chi connectivity index (χ0v) is 17.2. The summed E-state index contributed by atoms with van der Waals surface area (Å²) in [5.41, 5.74) is -2.54. The van der Waals surface area contributed by atoms with Crippen molar-refractivity contribution in [3.05, 3.63) is 29.3 Å². The molecule has 0 saturated carbocycles. The van der Waals surface area contributed by atoms with E-state index in [2.05, 4.69) is 10.3 Å². The van der Waals surface area contributed by atoms with Crippen molar-refractivity contribution in [3.63, 3.8) is 0 Å². The summed E-state index contributed by atoms with van der Waals surface area (Å²) in [6.07, 6.45) is -4.57. The summed E-state index contributed by atoms with van der Waals surface area (Å²) in [7, 11) is 1.16. The van der Waals surface area contributed by atoms with E-state index >= 15 is 0 Å². The Morgan fingerprint density at radius 1 is 1.20 bits per heavy atom. The molecule has 2 amide bonds. The van der Waals surface area contributed by atoms with Gasteiger partial charge in [-0.25, -0.2) is 4.79 Å². The number of hydrogen-bond donors (Lipinski definition) is 1. The Morgan fingerprint density at radius 2 is 1.83 bits per heavy atom. The molecular weight excluding hydrogens is 403 g/mol. The number of rotatable bonds is 2. The molecule has 1 aromatic rings. The Bertz CT molecular complexity index is 882. The van der Waals surface area contributed by atoms with Crippen LogP contribution < -0.4 is 10.1 Å². The molecule has 1 spiro atoms. The standard InChI is InChI=1S/C20H24F3N3O4/c1-18(2,3)30-17(28)26-9-7-19(8-10-26)16(27)24-15(25-19)12-5-6-14(29-4)13(11-12)20(21,22)23/h5-6,11H,7-10H2,1-4H3,(H,24,25,27). The zero-order valence-electron chi connectivity index (χ0n) is 17.2. The van der Waals surface area contributed by atoms with Crippen LogP contribution in [-0.2, 0) is 15.7 Å². The lowest BCUT2D eigenvalue weighted by Gasteiger charge is -2.36. The van der Waals surface area contributed by atoms with Crippen molar-refractivity contribution in [2.75, 3.05) is 20.2 Å². The van der Waals surface area contributed by atoms with E-state index in [0.717, 1.165) is 13.2 Å². The summed E-state index contributed by atoms with van der Waals surface area (Å²) in [5.74, 6) is -0.610. The Kier molecular flexibility index (Phi) is 5.46. The second-order valence-corrected chi connectivity index (χ2v) is 8.33. The number of aliphatic imine (C=N–C) groups is 1. The monoisotopic (exact) mass is 427 g/mol. The SMILES string of the molecule is COc1ccc(C2=NC3(CCN(C(=O)OC(C)(C)C)CC3)C(=O)N2)cc1C(F)(F)F. The molecule has 1 aromatic carbocycles. The summed E-state index contributed by atoms with van der Waals surface area (Å²) in [4.78, 5) is 30.8. The van der Waals surface area contributed by atoms with E-state index in [9.17, 15) is 22.8 Å². The zero-order chi connectivity index (χ0) is 22.3. The summed E-state index contributed by atoms with van der Waals surface area (Å²) in [5, 5.41) is 2.60. The molecule has 0 bridgehead atoms. The number of carbonyl (C=O) groups excluding carboxylic acids is 2. The van der Waals surface area contributed by atoms with Gasteiger partial charge >= 0.3 is 12.3 Å². The van der Waals surface area contributed by atoms with Gasteiger partial charge in [-0.3, -0.25) is 9.79 Å². The van der Waals surface area contributed by atoms with Gasteiger partial charge in [0, 0.05) is 18.7 Å². The number of benzene rings is 1. The van der Waals surface area contributed by atoms with Crippen LogP contribution in [0, 0.1) is 0 Å². The van der Waals surface area contributed by atoms with Crippen LogP contribution in [0.1, 0.15) is 44.7 Å². The van der Waals surface area contributed by atoms with Gasteiger partial charge in [0.05, 0.1) is 12.7 Å². The normalized spacial score (nSPS) is 18.8. The number of likely N-dealkylation sites (tertiary alicyclic amines) is 1. The minimum absolute atomic E-state index is 0.0823. The van der Waals surface area contributed by atoms with Gasteiger partial charge in [0.15, 0.2) is 0 Å². The molecule has 0 aliphatic carbocycles. The van der Waals surface area contributed by atoms with Gasteiger partial charge in [-0.1, -0.05) is 0 Å². The molecule has 10 heteroatoms. The molecule has 7 nitrogen and oxygen atoms in total. The van der Waals surface area contributed by atoms with Crippen LogP contribution in [0.25, 0.3) is 0 Å². The lowest BCUT2D eigenvalue weighted by Crippen LogP contribution is -2.51. The molecule has 2 heterocycles. The van der Waals surface area contributed by atoms with E-state index < -0.39 is 29.0 Å². The number of ether oxygens (including phenoxy) is 2. The molecule has 1 fully saturated rings. The molecule has 2 aliphatic heterocycles. The molecule has 0 aromatic heterocycles. The highest BCUT2D eigenvalue weighted by molar-refractivity contribution is 6.15. The molecule has 1 saturated heterocycles. The summed E-state index contributed by atoms with van der Waals surface area (Å²) < 4.78 is 50.1. The smallest absolute Gasteiger partial charge is 0.419 e. The summed E-state index contributed by atoms with van der Waals surface area (Å²) in [6, 6.07) is 3.53. The van der Waals surface area contributed by atoms with Crippen molar-refractivity contribution in [1.29, 1.82) is 0 Å². The van der Waals surface area contributed by atoms with Crippen LogP contribution in [0.5, 0.6) is 5.75 Å². The summed E-state index contributed by atoms with van der Waals surface area (Å²) in [6.45, 7) is 5.81. The Morgan fingerprint density at radius 3 is 2.37 bits per heavy atom. The maximum atomic E-state index is 13.3. The Hall–Kier alpha value is -2.78. The topological polar surface area (TPSA) is 80.2 Å². The van der Waals surface area contributed by atoms with E-state index in [-0.39, 0.29) is 49.0 Å². The Balaban J connectivity index is 1.80. The number of amidine groups is 1. The van der Waals surface area contributed by atoms with E-state index in [4.69, 9.17) is 9.47 Å². The second-order valence-electron chi connectivity index (χ2n) is 8.33. The van der Waals surface area contributed by atoms with E-state index in [1.165, 1.54) is 17.0 Å². The Labute approximate surface area is 172 Å². The number of halogens is 3. The first kappa shape index (κ1) is 21.9. The van der Waals surface area contributed by atoms with Crippen LogP contribution in [0.2, 0.25) is 0 Å². The van der Waals surface area contributed by atoms with Crippen molar-refractivity contribution in [2.24, 2.45) is 4.99 Å². The third-order valence-corrected chi connectivity index (χ3v) is 5.00. The predicted octanol–water partition coefficient (Wildman–Crippen LogP) is 3.36. The van der Waals surface area contributed by atoms with Gasteiger partial charge in [-0.15, -0.1) is 0 Å². The lowest BCUT2D eigenvalue weighted by molar-refractivity contribution is -0.138. The number of hydrogen-bond acceptors (Lipinski definition) is 5. The fourth-order valence-electron chi connectivity index (χ4n) is 3.45.